The van der Waals surface area contributed by atoms with Crippen molar-refractivity contribution in [3.8, 4) is 0 Å². The Kier molecular flexibility index (Phi) is 2.72. The highest BCUT2D eigenvalue weighted by molar-refractivity contribution is 6.48. The maximum atomic E-state index is 6.50. The first kappa shape index (κ1) is 10.7. The van der Waals surface area contributed by atoms with Crippen LogP contribution in [0.4, 0.5) is 0 Å². The van der Waals surface area contributed by atoms with Crippen molar-refractivity contribution < 1.29 is 0 Å². The Morgan fingerprint density at radius 2 is 1.60 bits per heavy atom. The lowest BCUT2D eigenvalue weighted by atomic mass is 9.73. The van der Waals surface area contributed by atoms with Crippen LogP contribution in [0.15, 0.2) is 0 Å². The second kappa shape index (κ2) is 3.81. The lowest BCUT2D eigenvalue weighted by Gasteiger charge is -2.38. The molecule has 0 aromatic carbocycles. The van der Waals surface area contributed by atoms with Crippen molar-refractivity contribution in [1.29, 1.82) is 0 Å². The van der Waals surface area contributed by atoms with E-state index in [1.165, 1.54) is 44.9 Å². The third-order valence-corrected chi connectivity index (χ3v) is 6.12. The fourth-order valence-electron chi connectivity index (χ4n) is 4.55. The molecule has 0 radical (unpaired) electrons. The van der Waals surface area contributed by atoms with Crippen molar-refractivity contribution in [2.24, 2.45) is 23.7 Å². The van der Waals surface area contributed by atoms with Crippen LogP contribution in [0.3, 0.4) is 0 Å². The van der Waals surface area contributed by atoms with Gasteiger partial charge in [-0.05, 0) is 49.4 Å². The summed E-state index contributed by atoms with van der Waals surface area (Å²) in [5, 5.41) is 0. The molecule has 0 amide bonds. The van der Waals surface area contributed by atoms with E-state index in [1.807, 2.05) is 0 Å². The summed E-state index contributed by atoms with van der Waals surface area (Å²) in [6, 6.07) is 0. The second-order valence-corrected chi connectivity index (χ2v) is 7.41. The normalized spacial score (nSPS) is 48.4. The summed E-state index contributed by atoms with van der Waals surface area (Å²) in [5.41, 5.74) is 0. The Morgan fingerprint density at radius 3 is 2.47 bits per heavy atom. The predicted octanol–water partition coefficient (Wildman–Crippen LogP) is 4.79. The minimum absolute atomic E-state index is 0.389. The highest BCUT2D eigenvalue weighted by atomic mass is 35.5. The largest absolute Gasteiger partial charge is 0.121 e. The average molecular weight is 247 g/mol. The van der Waals surface area contributed by atoms with Crippen LogP contribution in [-0.2, 0) is 0 Å². The number of rotatable bonds is 0. The second-order valence-electron chi connectivity index (χ2n) is 5.87. The Morgan fingerprint density at radius 1 is 0.867 bits per heavy atom. The van der Waals surface area contributed by atoms with Gasteiger partial charge in [-0.3, -0.25) is 0 Å². The van der Waals surface area contributed by atoms with Gasteiger partial charge in [0.1, 0.15) is 4.33 Å². The van der Waals surface area contributed by atoms with E-state index in [9.17, 15) is 0 Å². The van der Waals surface area contributed by atoms with E-state index >= 15 is 0 Å². The zero-order chi connectivity index (χ0) is 10.5. The molecule has 0 heterocycles. The zero-order valence-electron chi connectivity index (χ0n) is 9.22. The molecule has 15 heavy (non-hydrogen) atoms. The predicted molar refractivity (Wildman–Crippen MR) is 65.3 cm³/mol. The molecule has 0 spiro atoms. The van der Waals surface area contributed by atoms with Gasteiger partial charge in [-0.2, -0.15) is 0 Å². The minimum atomic E-state index is -0.389. The maximum absolute atomic E-state index is 6.50. The molecule has 86 valence electrons. The third kappa shape index (κ3) is 1.72. The van der Waals surface area contributed by atoms with Crippen LogP contribution in [0.1, 0.15) is 51.4 Å². The first-order valence-electron chi connectivity index (χ1n) is 6.56. The molecule has 3 rings (SSSR count). The van der Waals surface area contributed by atoms with E-state index in [0.29, 0.717) is 5.92 Å². The number of hydrogen-bond acceptors (Lipinski definition) is 0. The summed E-state index contributed by atoms with van der Waals surface area (Å²) in [7, 11) is 0. The Labute approximate surface area is 103 Å². The van der Waals surface area contributed by atoms with Crippen LogP contribution in [0.5, 0.6) is 0 Å². The number of fused-ring (bicyclic) bond motifs is 3. The van der Waals surface area contributed by atoms with Gasteiger partial charge >= 0.3 is 0 Å². The Balaban J connectivity index is 1.83. The van der Waals surface area contributed by atoms with Crippen LogP contribution >= 0.6 is 23.2 Å². The van der Waals surface area contributed by atoms with Gasteiger partial charge in [-0.15, -0.1) is 23.2 Å². The molecule has 0 N–H and O–H groups in total. The van der Waals surface area contributed by atoms with Crippen molar-refractivity contribution in [1.82, 2.24) is 0 Å². The molecule has 2 heteroatoms. The van der Waals surface area contributed by atoms with Crippen molar-refractivity contribution in [2.75, 3.05) is 0 Å². The number of halogens is 2. The Bertz CT molecular complexity index is 249. The van der Waals surface area contributed by atoms with Crippen LogP contribution in [0.25, 0.3) is 0 Å². The third-order valence-electron chi connectivity index (χ3n) is 5.18. The lowest BCUT2D eigenvalue weighted by Crippen LogP contribution is -2.35. The molecular weight excluding hydrogens is 227 g/mol. The monoisotopic (exact) mass is 246 g/mol. The summed E-state index contributed by atoms with van der Waals surface area (Å²) in [4.78, 5) is 0. The maximum Gasteiger partial charge on any atom is 0.121 e. The SMILES string of the molecule is ClC1(Cl)CCCC2C3CCCCC3CC21. The first-order valence-corrected chi connectivity index (χ1v) is 7.32. The quantitative estimate of drug-likeness (QED) is 0.540. The van der Waals surface area contributed by atoms with Crippen LogP contribution in [0.2, 0.25) is 0 Å². The molecule has 3 aliphatic rings. The van der Waals surface area contributed by atoms with Gasteiger partial charge in [0.25, 0.3) is 0 Å². The summed E-state index contributed by atoms with van der Waals surface area (Å²) in [6.45, 7) is 0. The Hall–Kier alpha value is 0.580. The standard InChI is InChI=1S/C13H20Cl2/c14-13(15)7-3-6-11-10-5-2-1-4-9(10)8-12(11)13/h9-12H,1-8H2. The van der Waals surface area contributed by atoms with Gasteiger partial charge in [0.15, 0.2) is 0 Å². The van der Waals surface area contributed by atoms with E-state index in [1.54, 1.807) is 0 Å². The topological polar surface area (TPSA) is 0 Å². The molecule has 0 aliphatic heterocycles. The van der Waals surface area contributed by atoms with Gasteiger partial charge in [0.2, 0.25) is 0 Å². The molecule has 0 saturated heterocycles. The highest BCUT2D eigenvalue weighted by Crippen LogP contribution is 2.59. The molecular formula is C13H20Cl2. The molecule has 0 nitrogen and oxygen atoms in total. The summed E-state index contributed by atoms with van der Waals surface area (Å²) >= 11 is 13.0. The summed E-state index contributed by atoms with van der Waals surface area (Å²) in [6.07, 6.45) is 10.8. The average Bonchev–Trinajstić information content (AvgIpc) is 2.58. The van der Waals surface area contributed by atoms with E-state index in [2.05, 4.69) is 0 Å². The van der Waals surface area contributed by atoms with Crippen molar-refractivity contribution in [2.45, 2.75) is 55.7 Å². The molecule has 0 aromatic rings. The van der Waals surface area contributed by atoms with Gasteiger partial charge in [0.05, 0.1) is 0 Å². The minimum Gasteiger partial charge on any atom is -0.101 e. The zero-order valence-corrected chi connectivity index (χ0v) is 10.7. The van der Waals surface area contributed by atoms with Gasteiger partial charge in [0, 0.05) is 0 Å². The van der Waals surface area contributed by atoms with E-state index in [0.717, 1.165) is 24.2 Å². The molecule has 0 aromatic heterocycles. The van der Waals surface area contributed by atoms with Crippen LogP contribution < -0.4 is 0 Å². The number of alkyl halides is 2. The van der Waals surface area contributed by atoms with Crippen molar-refractivity contribution in [3.63, 3.8) is 0 Å². The number of hydrogen-bond donors (Lipinski definition) is 0. The molecule has 4 atom stereocenters. The van der Waals surface area contributed by atoms with Crippen molar-refractivity contribution >= 4 is 23.2 Å². The molecule has 4 unspecified atom stereocenters. The summed E-state index contributed by atoms with van der Waals surface area (Å²) < 4.78 is -0.389. The fraction of sp³-hybridized carbons (Fsp3) is 1.00. The molecule has 0 bridgehead atoms. The van der Waals surface area contributed by atoms with E-state index in [4.69, 9.17) is 23.2 Å². The smallest absolute Gasteiger partial charge is 0.101 e. The molecule has 3 fully saturated rings. The van der Waals surface area contributed by atoms with E-state index in [-0.39, 0.29) is 4.33 Å². The van der Waals surface area contributed by atoms with E-state index < -0.39 is 0 Å². The molecule has 3 aliphatic carbocycles. The van der Waals surface area contributed by atoms with Gasteiger partial charge in [-0.25, -0.2) is 0 Å². The van der Waals surface area contributed by atoms with Crippen LogP contribution in [-0.4, -0.2) is 4.33 Å². The van der Waals surface area contributed by atoms with Gasteiger partial charge in [-0.1, -0.05) is 25.7 Å². The van der Waals surface area contributed by atoms with Crippen molar-refractivity contribution in [3.05, 3.63) is 0 Å². The van der Waals surface area contributed by atoms with Crippen LogP contribution in [0, 0.1) is 23.7 Å². The highest BCUT2D eigenvalue weighted by Gasteiger charge is 2.53. The first-order chi connectivity index (χ1) is 7.18. The summed E-state index contributed by atoms with van der Waals surface area (Å²) in [5.74, 6) is 3.41. The fourth-order valence-corrected chi connectivity index (χ4v) is 5.32. The van der Waals surface area contributed by atoms with Gasteiger partial charge < -0.3 is 0 Å². The lowest BCUT2D eigenvalue weighted by molar-refractivity contribution is 0.178. The molecule has 3 saturated carbocycles.